The quantitative estimate of drug-likeness (QED) is 0.610. The lowest BCUT2D eigenvalue weighted by molar-refractivity contribution is 1.08. The standard InChI is InChI=1S/C14H10N2/c1-2-6-11(7-3-1)13-10-15-16-14-9-5-4-8-12(13)14/h1-10H. The van der Waals surface area contributed by atoms with Gasteiger partial charge in [-0.1, -0.05) is 48.5 Å². The van der Waals surface area contributed by atoms with Crippen LogP contribution in [0.3, 0.4) is 0 Å². The van der Waals surface area contributed by atoms with E-state index in [0.717, 1.165) is 16.5 Å². The van der Waals surface area contributed by atoms with Gasteiger partial charge in [-0.25, -0.2) is 0 Å². The molecule has 0 aliphatic heterocycles. The van der Waals surface area contributed by atoms with Crippen LogP contribution in [0.2, 0.25) is 0 Å². The van der Waals surface area contributed by atoms with E-state index in [2.05, 4.69) is 28.4 Å². The molecule has 3 rings (SSSR count). The van der Waals surface area contributed by atoms with Crippen molar-refractivity contribution in [3.05, 3.63) is 60.8 Å². The number of aromatic nitrogens is 2. The molecule has 0 aliphatic rings. The number of nitrogens with zero attached hydrogens (tertiary/aromatic N) is 2. The van der Waals surface area contributed by atoms with E-state index in [1.807, 2.05) is 42.6 Å². The van der Waals surface area contributed by atoms with E-state index in [9.17, 15) is 0 Å². The van der Waals surface area contributed by atoms with Crippen molar-refractivity contribution in [2.75, 3.05) is 0 Å². The summed E-state index contributed by atoms with van der Waals surface area (Å²) >= 11 is 0. The smallest absolute Gasteiger partial charge is 0.0935 e. The Kier molecular flexibility index (Phi) is 2.11. The average Bonchev–Trinajstić information content (AvgIpc) is 2.39. The molecule has 0 radical (unpaired) electrons. The van der Waals surface area contributed by atoms with Crippen LogP contribution < -0.4 is 0 Å². The van der Waals surface area contributed by atoms with Crippen LogP contribution in [-0.4, -0.2) is 10.2 Å². The summed E-state index contributed by atoms with van der Waals surface area (Å²) in [5.41, 5.74) is 3.24. The minimum absolute atomic E-state index is 0.934. The second-order valence-electron chi connectivity index (χ2n) is 3.64. The molecule has 2 heteroatoms. The van der Waals surface area contributed by atoms with E-state index in [4.69, 9.17) is 0 Å². The molecule has 0 atom stereocenters. The summed E-state index contributed by atoms with van der Waals surface area (Å²) in [6, 6.07) is 18.3. The topological polar surface area (TPSA) is 25.8 Å². The zero-order valence-corrected chi connectivity index (χ0v) is 8.67. The number of hydrogen-bond donors (Lipinski definition) is 0. The molecule has 0 N–H and O–H groups in total. The maximum absolute atomic E-state index is 4.12. The summed E-state index contributed by atoms with van der Waals surface area (Å²) in [4.78, 5) is 0. The van der Waals surface area contributed by atoms with Gasteiger partial charge in [-0.2, -0.15) is 10.2 Å². The summed E-state index contributed by atoms with van der Waals surface area (Å²) in [5.74, 6) is 0. The van der Waals surface area contributed by atoms with Crippen LogP contribution in [0.5, 0.6) is 0 Å². The second-order valence-corrected chi connectivity index (χ2v) is 3.64. The van der Waals surface area contributed by atoms with E-state index in [0.29, 0.717) is 0 Å². The van der Waals surface area contributed by atoms with Crippen LogP contribution in [0.25, 0.3) is 22.0 Å². The van der Waals surface area contributed by atoms with Crippen LogP contribution in [0.4, 0.5) is 0 Å². The summed E-state index contributed by atoms with van der Waals surface area (Å²) < 4.78 is 0. The fourth-order valence-corrected chi connectivity index (χ4v) is 1.85. The van der Waals surface area contributed by atoms with Crippen LogP contribution in [0.1, 0.15) is 0 Å². The van der Waals surface area contributed by atoms with Gasteiger partial charge in [0.2, 0.25) is 0 Å². The molecule has 0 saturated heterocycles. The van der Waals surface area contributed by atoms with E-state index in [1.165, 1.54) is 5.56 Å². The maximum Gasteiger partial charge on any atom is 0.0935 e. The third-order valence-electron chi connectivity index (χ3n) is 2.63. The number of rotatable bonds is 1. The predicted octanol–water partition coefficient (Wildman–Crippen LogP) is 3.30. The Morgan fingerprint density at radius 3 is 2.38 bits per heavy atom. The normalized spacial score (nSPS) is 10.5. The van der Waals surface area contributed by atoms with Gasteiger partial charge in [0.1, 0.15) is 0 Å². The Morgan fingerprint density at radius 1 is 0.750 bits per heavy atom. The van der Waals surface area contributed by atoms with Gasteiger partial charge in [-0.3, -0.25) is 0 Å². The molecule has 2 aromatic carbocycles. The number of hydrogen-bond acceptors (Lipinski definition) is 2. The van der Waals surface area contributed by atoms with Crippen molar-refractivity contribution >= 4 is 10.9 Å². The molecular formula is C14H10N2. The van der Waals surface area contributed by atoms with Gasteiger partial charge >= 0.3 is 0 Å². The predicted molar refractivity (Wildman–Crippen MR) is 65.0 cm³/mol. The molecule has 0 fully saturated rings. The molecule has 0 aliphatic carbocycles. The lowest BCUT2D eigenvalue weighted by atomic mass is 10.0. The van der Waals surface area contributed by atoms with Crippen LogP contribution in [0.15, 0.2) is 60.8 Å². The molecule has 0 spiro atoms. The highest BCUT2D eigenvalue weighted by atomic mass is 15.1. The largest absolute Gasteiger partial charge is 0.158 e. The first-order chi connectivity index (χ1) is 7.95. The highest BCUT2D eigenvalue weighted by molar-refractivity contribution is 5.93. The minimum Gasteiger partial charge on any atom is -0.158 e. The summed E-state index contributed by atoms with van der Waals surface area (Å²) in [7, 11) is 0. The number of fused-ring (bicyclic) bond motifs is 1. The van der Waals surface area contributed by atoms with Crippen molar-refractivity contribution in [3.8, 4) is 11.1 Å². The fraction of sp³-hybridized carbons (Fsp3) is 0. The van der Waals surface area contributed by atoms with Gasteiger partial charge in [-0.05, 0) is 11.6 Å². The molecule has 0 unspecified atom stereocenters. The Labute approximate surface area is 93.6 Å². The van der Waals surface area contributed by atoms with Gasteiger partial charge in [0.25, 0.3) is 0 Å². The Hall–Kier alpha value is -2.22. The summed E-state index contributed by atoms with van der Waals surface area (Å²) in [6.07, 6.45) is 1.82. The number of benzene rings is 2. The molecule has 0 amide bonds. The molecule has 16 heavy (non-hydrogen) atoms. The van der Waals surface area contributed by atoms with Crippen molar-refractivity contribution in [1.29, 1.82) is 0 Å². The van der Waals surface area contributed by atoms with Crippen LogP contribution in [0, 0.1) is 0 Å². The third kappa shape index (κ3) is 1.44. The van der Waals surface area contributed by atoms with E-state index >= 15 is 0 Å². The molecule has 1 aromatic heterocycles. The van der Waals surface area contributed by atoms with Crippen molar-refractivity contribution in [3.63, 3.8) is 0 Å². The van der Waals surface area contributed by atoms with Crippen LogP contribution in [-0.2, 0) is 0 Å². The van der Waals surface area contributed by atoms with Crippen molar-refractivity contribution in [1.82, 2.24) is 10.2 Å². The molecule has 1 heterocycles. The molecule has 0 bridgehead atoms. The first kappa shape index (κ1) is 9.04. The average molecular weight is 206 g/mol. The van der Waals surface area contributed by atoms with Crippen molar-refractivity contribution in [2.24, 2.45) is 0 Å². The first-order valence-electron chi connectivity index (χ1n) is 5.21. The Morgan fingerprint density at radius 2 is 1.50 bits per heavy atom. The molecule has 3 aromatic rings. The SMILES string of the molecule is c1ccc(-c2cnnc3ccccc23)cc1. The summed E-state index contributed by atoms with van der Waals surface area (Å²) in [5, 5.41) is 9.30. The Bertz CT molecular complexity index is 612. The molecule has 0 saturated carbocycles. The fourth-order valence-electron chi connectivity index (χ4n) is 1.85. The Balaban J connectivity index is 2.32. The molecular weight excluding hydrogens is 196 g/mol. The zero-order chi connectivity index (χ0) is 10.8. The highest BCUT2D eigenvalue weighted by Crippen LogP contribution is 2.25. The van der Waals surface area contributed by atoms with Crippen LogP contribution >= 0.6 is 0 Å². The third-order valence-corrected chi connectivity index (χ3v) is 2.63. The van der Waals surface area contributed by atoms with E-state index in [-0.39, 0.29) is 0 Å². The van der Waals surface area contributed by atoms with E-state index < -0.39 is 0 Å². The van der Waals surface area contributed by atoms with Crippen molar-refractivity contribution < 1.29 is 0 Å². The second kappa shape index (κ2) is 3.74. The minimum atomic E-state index is 0.934. The van der Waals surface area contributed by atoms with Gasteiger partial charge in [0.05, 0.1) is 11.7 Å². The monoisotopic (exact) mass is 206 g/mol. The van der Waals surface area contributed by atoms with Crippen molar-refractivity contribution in [2.45, 2.75) is 0 Å². The summed E-state index contributed by atoms with van der Waals surface area (Å²) in [6.45, 7) is 0. The van der Waals surface area contributed by atoms with Gasteiger partial charge in [0, 0.05) is 10.9 Å². The first-order valence-corrected chi connectivity index (χ1v) is 5.21. The lowest BCUT2D eigenvalue weighted by Gasteiger charge is -2.04. The van der Waals surface area contributed by atoms with Gasteiger partial charge < -0.3 is 0 Å². The maximum atomic E-state index is 4.12. The van der Waals surface area contributed by atoms with E-state index in [1.54, 1.807) is 0 Å². The lowest BCUT2D eigenvalue weighted by Crippen LogP contribution is -1.87. The highest BCUT2D eigenvalue weighted by Gasteiger charge is 2.03. The molecule has 76 valence electrons. The van der Waals surface area contributed by atoms with Gasteiger partial charge in [0.15, 0.2) is 0 Å². The molecule has 2 nitrogen and oxygen atoms in total. The van der Waals surface area contributed by atoms with Gasteiger partial charge in [-0.15, -0.1) is 0 Å². The zero-order valence-electron chi connectivity index (χ0n) is 8.67.